The zero-order valence-corrected chi connectivity index (χ0v) is 29.0. The van der Waals surface area contributed by atoms with E-state index in [4.69, 9.17) is 13.9 Å². The third kappa shape index (κ3) is 5.80. The Hall–Kier alpha value is -3.78. The minimum Gasteiger partial charge on any atom is -0.454 e. The van der Waals surface area contributed by atoms with Crippen LogP contribution in [0.3, 0.4) is 0 Å². The fraction of sp³-hybridized carbons (Fsp3) is 0.550. The predicted octanol–water partition coefficient (Wildman–Crippen LogP) is 8.57. The molecule has 0 spiro atoms. The van der Waals surface area contributed by atoms with Crippen molar-refractivity contribution in [2.45, 2.75) is 115 Å². The van der Waals surface area contributed by atoms with Crippen LogP contribution < -0.4 is 5.32 Å². The Morgan fingerprint density at radius 1 is 0.958 bits per heavy atom. The van der Waals surface area contributed by atoms with Crippen molar-refractivity contribution in [1.29, 1.82) is 0 Å². The summed E-state index contributed by atoms with van der Waals surface area (Å²) in [5.74, 6) is 2.40. The zero-order chi connectivity index (χ0) is 33.3. The highest BCUT2D eigenvalue weighted by atomic mass is 16.6. The summed E-state index contributed by atoms with van der Waals surface area (Å²) in [7, 11) is 1.84. The van der Waals surface area contributed by atoms with Crippen LogP contribution in [-0.2, 0) is 16.0 Å². The van der Waals surface area contributed by atoms with Gasteiger partial charge in [-0.1, -0.05) is 18.2 Å². The normalized spacial score (nSPS) is 25.7. The molecule has 2 amide bonds. The number of amides is 2. The first kappa shape index (κ1) is 31.5. The van der Waals surface area contributed by atoms with Gasteiger partial charge in [0.2, 0.25) is 0 Å². The summed E-state index contributed by atoms with van der Waals surface area (Å²) in [6.45, 7) is 9.36. The number of methoxy groups -OCH3 is 1. The number of likely N-dealkylation sites (tertiary alicyclic amines) is 1. The summed E-state index contributed by atoms with van der Waals surface area (Å²) >= 11 is 0. The molecule has 1 saturated heterocycles. The molecule has 3 atom stereocenters. The van der Waals surface area contributed by atoms with E-state index in [1.54, 1.807) is 0 Å². The molecule has 3 aliphatic carbocycles. The first-order chi connectivity index (χ1) is 23.1. The second kappa shape index (κ2) is 12.0. The fourth-order valence-corrected chi connectivity index (χ4v) is 8.76. The summed E-state index contributed by atoms with van der Waals surface area (Å²) in [6, 6.07) is 15.1. The monoisotopic (exact) mass is 651 g/mol. The number of rotatable bonds is 7. The second-order valence-corrected chi connectivity index (χ2v) is 15.9. The third-order valence-electron chi connectivity index (χ3n) is 11.5. The van der Waals surface area contributed by atoms with Gasteiger partial charge in [0.05, 0.1) is 23.9 Å². The molecule has 2 unspecified atom stereocenters. The maximum atomic E-state index is 13.9. The number of aromatic nitrogens is 1. The Bertz CT molecular complexity index is 1870. The van der Waals surface area contributed by atoms with E-state index < -0.39 is 11.7 Å². The minimum absolute atomic E-state index is 0.00870. The molecule has 0 radical (unpaired) electrons. The first-order valence-corrected chi connectivity index (χ1v) is 18.1. The molecule has 2 aromatic carbocycles. The number of piperidine rings is 1. The number of nitrogens with zero attached hydrogens (tertiary/aromatic N) is 2. The van der Waals surface area contributed by atoms with Crippen molar-refractivity contribution in [3.8, 4) is 11.5 Å². The number of furan rings is 1. The maximum Gasteiger partial charge on any atom is 0.407 e. The standard InChI is InChI=1S/C40H49N3O5/c1-23-31-16-12-28(38(44)43-22-29-13-17-32(43)36(29)41-39(45)48-40(2,3)4)20-35(31)47-37(23)34-19-27-9-8-26(25-10-14-30(46-5)15-11-25)18-33(27)42(34)21-24-6-7-24/h8-9,12,16,18-20,24-25,29-30,32,36H,6-7,10-11,13-15,17,21-22H2,1-5H3,(H,41,45)/t25?,29?,30?,32?,36-/m1/s1. The number of hydrogen-bond acceptors (Lipinski definition) is 5. The van der Waals surface area contributed by atoms with Crippen molar-refractivity contribution in [3.63, 3.8) is 0 Å². The van der Waals surface area contributed by atoms with Gasteiger partial charge in [0.15, 0.2) is 5.76 Å². The van der Waals surface area contributed by atoms with Gasteiger partial charge in [0, 0.05) is 47.6 Å². The van der Waals surface area contributed by atoms with Crippen LogP contribution in [0.15, 0.2) is 46.9 Å². The van der Waals surface area contributed by atoms with Gasteiger partial charge in [-0.2, -0.15) is 0 Å². The first-order valence-electron chi connectivity index (χ1n) is 18.1. The van der Waals surface area contributed by atoms with Crippen LogP contribution >= 0.6 is 0 Å². The van der Waals surface area contributed by atoms with E-state index in [1.807, 2.05) is 51.0 Å². The molecule has 4 aliphatic rings. The molecular weight excluding hydrogens is 602 g/mol. The molecule has 8 heteroatoms. The number of ether oxygens (including phenoxy) is 2. The number of hydrogen-bond donors (Lipinski definition) is 1. The number of carbonyl (C=O) groups excluding carboxylic acids is 2. The fourth-order valence-electron chi connectivity index (χ4n) is 8.76. The zero-order valence-electron chi connectivity index (χ0n) is 29.0. The SMILES string of the molecule is COC1CCC(c2ccc3cc(-c4oc5cc(C(=O)N6CC7CCC6[C@@H]7NC(=O)OC(C)(C)C)ccc5c4C)n(CC4CC4)c3c2)CC1. The van der Waals surface area contributed by atoms with Gasteiger partial charge in [-0.3, -0.25) is 4.79 Å². The third-order valence-corrected chi connectivity index (χ3v) is 11.5. The van der Waals surface area contributed by atoms with E-state index >= 15 is 0 Å². The van der Waals surface area contributed by atoms with E-state index in [-0.39, 0.29) is 23.9 Å². The molecule has 4 aromatic rings. The van der Waals surface area contributed by atoms with Gasteiger partial charge in [0.1, 0.15) is 11.2 Å². The molecule has 1 N–H and O–H groups in total. The lowest BCUT2D eigenvalue weighted by atomic mass is 9.82. The smallest absolute Gasteiger partial charge is 0.407 e. The number of benzene rings is 2. The molecule has 2 aromatic heterocycles. The van der Waals surface area contributed by atoms with Crippen molar-refractivity contribution >= 4 is 33.9 Å². The molecule has 254 valence electrons. The van der Waals surface area contributed by atoms with Crippen molar-refractivity contribution in [3.05, 3.63) is 59.2 Å². The summed E-state index contributed by atoms with van der Waals surface area (Å²) in [6.07, 6.45) is 9.00. The average molecular weight is 652 g/mol. The summed E-state index contributed by atoms with van der Waals surface area (Å²) < 4.78 is 20.3. The molecule has 2 bridgehead atoms. The summed E-state index contributed by atoms with van der Waals surface area (Å²) in [5.41, 5.74) is 5.74. The molecular formula is C40H49N3O5. The second-order valence-electron chi connectivity index (χ2n) is 15.9. The Morgan fingerprint density at radius 2 is 1.75 bits per heavy atom. The van der Waals surface area contributed by atoms with E-state index in [0.717, 1.165) is 60.2 Å². The van der Waals surface area contributed by atoms with E-state index in [0.29, 0.717) is 30.0 Å². The van der Waals surface area contributed by atoms with Crippen LogP contribution in [-0.4, -0.2) is 58.9 Å². The largest absolute Gasteiger partial charge is 0.454 e. The number of nitrogens with one attached hydrogen (secondary N) is 1. The Kier molecular flexibility index (Phi) is 7.85. The lowest BCUT2D eigenvalue weighted by Gasteiger charge is -2.28. The number of alkyl carbamates (subject to hydrolysis) is 1. The number of carbonyl (C=O) groups is 2. The quantitative estimate of drug-likeness (QED) is 0.216. The topological polar surface area (TPSA) is 85.9 Å². The highest BCUT2D eigenvalue weighted by Gasteiger charge is 2.50. The Balaban J connectivity index is 1.07. The van der Waals surface area contributed by atoms with Crippen molar-refractivity contribution in [2.75, 3.05) is 13.7 Å². The van der Waals surface area contributed by atoms with Crippen LogP contribution in [0.4, 0.5) is 4.79 Å². The molecule has 8 rings (SSSR count). The average Bonchev–Trinajstić information content (AvgIpc) is 3.43. The Morgan fingerprint density at radius 3 is 2.48 bits per heavy atom. The maximum absolute atomic E-state index is 13.9. The summed E-state index contributed by atoms with van der Waals surface area (Å²) in [4.78, 5) is 28.5. The van der Waals surface area contributed by atoms with Gasteiger partial charge >= 0.3 is 6.09 Å². The van der Waals surface area contributed by atoms with Gasteiger partial charge < -0.3 is 28.7 Å². The van der Waals surface area contributed by atoms with Crippen LogP contribution in [0.2, 0.25) is 0 Å². The molecule has 3 saturated carbocycles. The van der Waals surface area contributed by atoms with Crippen LogP contribution in [0.1, 0.15) is 99.5 Å². The van der Waals surface area contributed by atoms with E-state index in [9.17, 15) is 9.59 Å². The number of aryl methyl sites for hydroxylation is 1. The van der Waals surface area contributed by atoms with Gasteiger partial charge in [-0.25, -0.2) is 4.79 Å². The highest BCUT2D eigenvalue weighted by Crippen LogP contribution is 2.43. The Labute approximate surface area is 283 Å². The van der Waals surface area contributed by atoms with Crippen LogP contribution in [0, 0.1) is 18.8 Å². The van der Waals surface area contributed by atoms with Gasteiger partial charge in [-0.05, 0) is 127 Å². The van der Waals surface area contributed by atoms with E-state index in [2.05, 4.69) is 41.1 Å². The van der Waals surface area contributed by atoms with E-state index in [1.165, 1.54) is 42.1 Å². The highest BCUT2D eigenvalue weighted by molar-refractivity contribution is 6.00. The van der Waals surface area contributed by atoms with Gasteiger partial charge in [-0.15, -0.1) is 0 Å². The predicted molar refractivity (Wildman–Crippen MR) is 187 cm³/mol. The van der Waals surface area contributed by atoms with Crippen molar-refractivity contribution in [1.82, 2.24) is 14.8 Å². The molecule has 3 heterocycles. The van der Waals surface area contributed by atoms with Gasteiger partial charge in [0.25, 0.3) is 5.91 Å². The number of fused-ring (bicyclic) bond motifs is 4. The molecule has 48 heavy (non-hydrogen) atoms. The van der Waals surface area contributed by atoms with Crippen LogP contribution in [0.25, 0.3) is 33.3 Å². The lowest BCUT2D eigenvalue weighted by Crippen LogP contribution is -2.46. The molecule has 4 fully saturated rings. The summed E-state index contributed by atoms with van der Waals surface area (Å²) in [5, 5.41) is 5.35. The molecule has 8 nitrogen and oxygen atoms in total. The minimum atomic E-state index is -0.564. The van der Waals surface area contributed by atoms with Crippen molar-refractivity contribution < 1.29 is 23.5 Å². The van der Waals surface area contributed by atoms with Crippen molar-refractivity contribution in [2.24, 2.45) is 11.8 Å². The van der Waals surface area contributed by atoms with Crippen LogP contribution in [0.5, 0.6) is 0 Å². The molecule has 1 aliphatic heterocycles. The lowest BCUT2D eigenvalue weighted by molar-refractivity contribution is 0.0485.